The molecule has 0 saturated carbocycles. The first-order valence-corrected chi connectivity index (χ1v) is 7.83. The number of nitrogens with one attached hydrogen (secondary N) is 1. The lowest BCUT2D eigenvalue weighted by atomic mass is 9.69. The van der Waals surface area contributed by atoms with Gasteiger partial charge in [0, 0.05) is 17.3 Å². The fraction of sp³-hybridized carbons (Fsp3) is 0.167. The molecule has 27 heavy (non-hydrogen) atoms. The lowest BCUT2D eigenvalue weighted by molar-refractivity contribution is -0.138. The average molecular weight is 372 g/mol. The van der Waals surface area contributed by atoms with Crippen LogP contribution in [0.2, 0.25) is 0 Å². The average Bonchev–Trinajstić information content (AvgIpc) is 2.86. The van der Waals surface area contributed by atoms with Crippen molar-refractivity contribution in [2.45, 2.75) is 12.3 Å². The van der Waals surface area contributed by atoms with E-state index in [1.807, 2.05) is 0 Å². The molecule has 4 rings (SSSR count). The standard InChI is InChI=1S/C18H13FN2O6/c1-7-5-11-12(16(23)26-7)18(13(14(20)27-11)15(22)25-2)9-6-8(19)3-4-10(9)21-17(18)24/h3-6H,20H2,1-2H3,(H,21,24). The van der Waals surface area contributed by atoms with E-state index in [-0.39, 0.29) is 28.3 Å². The second-order valence-electron chi connectivity index (χ2n) is 6.11. The zero-order valence-corrected chi connectivity index (χ0v) is 14.2. The largest absolute Gasteiger partial charge is 0.465 e. The minimum atomic E-state index is -2.06. The Hall–Kier alpha value is -3.62. The van der Waals surface area contributed by atoms with E-state index in [9.17, 15) is 18.8 Å². The van der Waals surface area contributed by atoms with E-state index in [1.165, 1.54) is 19.1 Å². The van der Waals surface area contributed by atoms with Gasteiger partial charge in [-0.25, -0.2) is 14.0 Å². The van der Waals surface area contributed by atoms with Crippen molar-refractivity contribution >= 4 is 17.6 Å². The zero-order chi connectivity index (χ0) is 19.5. The molecule has 138 valence electrons. The van der Waals surface area contributed by atoms with Crippen molar-refractivity contribution in [2.75, 3.05) is 12.4 Å². The molecule has 1 aromatic heterocycles. The Morgan fingerprint density at radius 2 is 2.04 bits per heavy atom. The van der Waals surface area contributed by atoms with Crippen LogP contribution in [0, 0.1) is 12.7 Å². The number of hydrogen-bond donors (Lipinski definition) is 2. The Bertz CT molecular complexity index is 1120. The molecule has 2 aliphatic heterocycles. The number of halogens is 1. The van der Waals surface area contributed by atoms with Gasteiger partial charge in [-0.1, -0.05) is 0 Å². The summed E-state index contributed by atoms with van der Waals surface area (Å²) >= 11 is 0. The number of methoxy groups -OCH3 is 1. The first-order valence-electron chi connectivity index (χ1n) is 7.83. The molecular weight excluding hydrogens is 359 g/mol. The highest BCUT2D eigenvalue weighted by Crippen LogP contribution is 2.52. The summed E-state index contributed by atoms with van der Waals surface area (Å²) in [5.74, 6) is -2.71. The third kappa shape index (κ3) is 2.05. The molecule has 2 aliphatic rings. The molecule has 1 aromatic carbocycles. The van der Waals surface area contributed by atoms with E-state index in [1.54, 1.807) is 0 Å². The smallest absolute Gasteiger partial charge is 0.344 e. The van der Waals surface area contributed by atoms with E-state index < -0.39 is 40.2 Å². The maximum atomic E-state index is 14.0. The first-order chi connectivity index (χ1) is 12.8. The van der Waals surface area contributed by atoms with Gasteiger partial charge in [-0.05, 0) is 25.1 Å². The van der Waals surface area contributed by atoms with Crippen LogP contribution >= 0.6 is 0 Å². The maximum absolute atomic E-state index is 14.0. The molecule has 0 bridgehead atoms. The number of anilines is 1. The van der Waals surface area contributed by atoms with Crippen molar-refractivity contribution in [3.8, 4) is 5.75 Å². The number of aryl methyl sites for hydroxylation is 1. The zero-order valence-electron chi connectivity index (χ0n) is 14.2. The third-order valence-electron chi connectivity index (χ3n) is 4.62. The monoisotopic (exact) mass is 372 g/mol. The third-order valence-corrected chi connectivity index (χ3v) is 4.62. The predicted molar refractivity (Wildman–Crippen MR) is 89.4 cm³/mol. The predicted octanol–water partition coefficient (Wildman–Crippen LogP) is 1.06. The molecule has 0 radical (unpaired) electrons. The minimum Gasteiger partial charge on any atom is -0.465 e. The molecule has 0 saturated heterocycles. The summed E-state index contributed by atoms with van der Waals surface area (Å²) in [7, 11) is 1.09. The van der Waals surface area contributed by atoms with Crippen LogP contribution in [-0.2, 0) is 19.7 Å². The number of fused-ring (bicyclic) bond motifs is 4. The van der Waals surface area contributed by atoms with E-state index >= 15 is 0 Å². The molecular formula is C18H13FN2O6. The quantitative estimate of drug-likeness (QED) is 0.718. The SMILES string of the molecule is COC(=O)C1=C(N)Oc2cc(C)oc(=O)c2C12C(=O)Nc1ccc(F)cc12. The molecule has 9 heteroatoms. The number of carbonyl (C=O) groups excluding carboxylic acids is 2. The van der Waals surface area contributed by atoms with E-state index in [4.69, 9.17) is 19.6 Å². The van der Waals surface area contributed by atoms with Gasteiger partial charge >= 0.3 is 11.6 Å². The van der Waals surface area contributed by atoms with Crippen LogP contribution in [0.3, 0.4) is 0 Å². The van der Waals surface area contributed by atoms with Crippen LogP contribution in [0.1, 0.15) is 16.9 Å². The summed E-state index contributed by atoms with van der Waals surface area (Å²) in [6.07, 6.45) is 0. The molecule has 3 heterocycles. The highest BCUT2D eigenvalue weighted by Gasteiger charge is 2.60. The summed E-state index contributed by atoms with van der Waals surface area (Å²) in [5.41, 5.74) is 2.53. The van der Waals surface area contributed by atoms with Crippen molar-refractivity contribution in [3.63, 3.8) is 0 Å². The Labute approximate surface area is 151 Å². The number of hydrogen-bond acceptors (Lipinski definition) is 7. The van der Waals surface area contributed by atoms with Crippen LogP contribution in [-0.4, -0.2) is 19.0 Å². The van der Waals surface area contributed by atoms with Crippen LogP contribution in [0.25, 0.3) is 0 Å². The molecule has 1 amide bonds. The number of nitrogens with two attached hydrogens (primary N) is 1. The van der Waals surface area contributed by atoms with Crippen LogP contribution in [0.5, 0.6) is 5.75 Å². The molecule has 8 nitrogen and oxygen atoms in total. The molecule has 2 aromatic rings. The number of rotatable bonds is 1. The Morgan fingerprint density at radius 1 is 1.30 bits per heavy atom. The van der Waals surface area contributed by atoms with Gasteiger partial charge in [0.05, 0.1) is 7.11 Å². The number of ether oxygens (including phenoxy) is 2. The normalized spacial score (nSPS) is 20.0. The number of esters is 1. The maximum Gasteiger partial charge on any atom is 0.344 e. The topological polar surface area (TPSA) is 121 Å². The molecule has 1 spiro atoms. The highest BCUT2D eigenvalue weighted by atomic mass is 19.1. The summed E-state index contributed by atoms with van der Waals surface area (Å²) < 4.78 is 29.4. The first kappa shape index (κ1) is 16.8. The number of benzene rings is 1. The Kier molecular flexibility index (Phi) is 3.39. The van der Waals surface area contributed by atoms with Gasteiger partial charge in [-0.2, -0.15) is 0 Å². The second kappa shape index (κ2) is 5.44. The number of amides is 1. The van der Waals surface area contributed by atoms with Gasteiger partial charge in [0.25, 0.3) is 0 Å². The minimum absolute atomic E-state index is 0.0385. The van der Waals surface area contributed by atoms with Gasteiger partial charge in [0.1, 0.15) is 33.9 Å². The summed E-state index contributed by atoms with van der Waals surface area (Å²) in [6.45, 7) is 1.51. The molecule has 0 aliphatic carbocycles. The van der Waals surface area contributed by atoms with Gasteiger partial charge in [0.2, 0.25) is 11.8 Å². The van der Waals surface area contributed by atoms with E-state index in [2.05, 4.69) is 5.32 Å². The fourth-order valence-electron chi connectivity index (χ4n) is 3.61. The van der Waals surface area contributed by atoms with Crippen LogP contribution in [0.15, 0.2) is 44.9 Å². The fourth-order valence-corrected chi connectivity index (χ4v) is 3.61. The van der Waals surface area contributed by atoms with Crippen LogP contribution < -0.4 is 21.4 Å². The Balaban J connectivity index is 2.21. The molecule has 1 unspecified atom stereocenters. The van der Waals surface area contributed by atoms with E-state index in [0.29, 0.717) is 0 Å². The van der Waals surface area contributed by atoms with Gasteiger partial charge in [-0.3, -0.25) is 4.79 Å². The van der Waals surface area contributed by atoms with Gasteiger partial charge in [0.15, 0.2) is 0 Å². The van der Waals surface area contributed by atoms with Crippen molar-refractivity contribution in [3.05, 3.63) is 68.8 Å². The second-order valence-corrected chi connectivity index (χ2v) is 6.11. The lowest BCUT2D eigenvalue weighted by Gasteiger charge is -2.33. The summed E-state index contributed by atoms with van der Waals surface area (Å²) in [5, 5.41) is 2.56. The molecule has 1 atom stereocenters. The molecule has 3 N–H and O–H groups in total. The van der Waals surface area contributed by atoms with Gasteiger partial charge < -0.3 is 24.9 Å². The van der Waals surface area contributed by atoms with Crippen molar-refractivity contribution in [2.24, 2.45) is 5.73 Å². The van der Waals surface area contributed by atoms with Crippen molar-refractivity contribution in [1.29, 1.82) is 0 Å². The number of carbonyl (C=O) groups is 2. The summed E-state index contributed by atoms with van der Waals surface area (Å²) in [4.78, 5) is 38.4. The highest BCUT2D eigenvalue weighted by molar-refractivity contribution is 6.17. The van der Waals surface area contributed by atoms with Crippen molar-refractivity contribution < 1.29 is 27.9 Å². The lowest BCUT2D eigenvalue weighted by Crippen LogP contribution is -2.48. The Morgan fingerprint density at radius 3 is 2.74 bits per heavy atom. The van der Waals surface area contributed by atoms with E-state index in [0.717, 1.165) is 19.2 Å². The van der Waals surface area contributed by atoms with Crippen molar-refractivity contribution in [1.82, 2.24) is 0 Å². The summed E-state index contributed by atoms with van der Waals surface area (Å²) in [6, 6.07) is 4.88. The molecule has 0 fully saturated rings. The van der Waals surface area contributed by atoms with Gasteiger partial charge in [-0.15, -0.1) is 0 Å². The van der Waals surface area contributed by atoms with Crippen LogP contribution in [0.4, 0.5) is 10.1 Å².